The summed E-state index contributed by atoms with van der Waals surface area (Å²) in [7, 11) is 0. The Morgan fingerprint density at radius 3 is 2.50 bits per heavy atom. The SMILES string of the molecule is CC(=O)Nc1cc(NC(=O)CNC(=O)CN)ccc1F. The molecule has 0 aliphatic rings. The Hall–Kier alpha value is -2.48. The summed E-state index contributed by atoms with van der Waals surface area (Å²) in [6.45, 7) is 0.784. The molecule has 0 atom stereocenters. The maximum atomic E-state index is 13.4. The Labute approximate surface area is 114 Å². The first-order chi connectivity index (χ1) is 9.42. The zero-order chi connectivity index (χ0) is 15.1. The van der Waals surface area contributed by atoms with Crippen LogP contribution < -0.4 is 21.7 Å². The van der Waals surface area contributed by atoms with E-state index in [1.807, 2.05) is 0 Å². The van der Waals surface area contributed by atoms with Gasteiger partial charge < -0.3 is 21.7 Å². The molecule has 1 aromatic rings. The fraction of sp³-hybridized carbons (Fsp3) is 0.250. The van der Waals surface area contributed by atoms with Gasteiger partial charge in [0, 0.05) is 12.6 Å². The monoisotopic (exact) mass is 282 g/mol. The summed E-state index contributed by atoms with van der Waals surface area (Å²) < 4.78 is 13.4. The number of hydrogen-bond donors (Lipinski definition) is 4. The lowest BCUT2D eigenvalue weighted by Gasteiger charge is -2.09. The van der Waals surface area contributed by atoms with Gasteiger partial charge in [-0.05, 0) is 18.2 Å². The van der Waals surface area contributed by atoms with E-state index >= 15 is 0 Å². The second-order valence-corrected chi connectivity index (χ2v) is 3.90. The lowest BCUT2D eigenvalue weighted by Crippen LogP contribution is -2.36. The molecule has 0 saturated heterocycles. The van der Waals surface area contributed by atoms with Gasteiger partial charge in [-0.1, -0.05) is 0 Å². The van der Waals surface area contributed by atoms with Crippen LogP contribution >= 0.6 is 0 Å². The highest BCUT2D eigenvalue weighted by Crippen LogP contribution is 2.19. The number of nitrogens with two attached hydrogens (primary N) is 1. The number of hydrogen-bond acceptors (Lipinski definition) is 4. The molecule has 7 nitrogen and oxygen atoms in total. The van der Waals surface area contributed by atoms with Gasteiger partial charge in [0.2, 0.25) is 17.7 Å². The van der Waals surface area contributed by atoms with Crippen molar-refractivity contribution in [1.82, 2.24) is 5.32 Å². The molecule has 0 saturated carbocycles. The van der Waals surface area contributed by atoms with Crippen molar-refractivity contribution in [2.75, 3.05) is 23.7 Å². The fourth-order valence-electron chi connectivity index (χ4n) is 1.34. The molecule has 0 spiro atoms. The Morgan fingerprint density at radius 2 is 1.90 bits per heavy atom. The molecule has 8 heteroatoms. The van der Waals surface area contributed by atoms with E-state index in [2.05, 4.69) is 16.0 Å². The Balaban J connectivity index is 2.65. The number of rotatable bonds is 5. The van der Waals surface area contributed by atoms with Gasteiger partial charge >= 0.3 is 0 Å². The van der Waals surface area contributed by atoms with Gasteiger partial charge in [-0.25, -0.2) is 4.39 Å². The van der Waals surface area contributed by atoms with Crippen molar-refractivity contribution in [2.45, 2.75) is 6.92 Å². The highest BCUT2D eigenvalue weighted by Gasteiger charge is 2.08. The Morgan fingerprint density at radius 1 is 1.20 bits per heavy atom. The van der Waals surface area contributed by atoms with Crippen LogP contribution in [-0.2, 0) is 14.4 Å². The van der Waals surface area contributed by atoms with Crippen LogP contribution in [0.1, 0.15) is 6.92 Å². The second kappa shape index (κ2) is 7.19. The van der Waals surface area contributed by atoms with Crippen molar-refractivity contribution in [2.24, 2.45) is 5.73 Å². The maximum Gasteiger partial charge on any atom is 0.243 e. The maximum absolute atomic E-state index is 13.4. The molecule has 1 rings (SSSR count). The third kappa shape index (κ3) is 5.02. The molecule has 0 aromatic heterocycles. The van der Waals surface area contributed by atoms with Gasteiger partial charge in [-0.3, -0.25) is 14.4 Å². The zero-order valence-electron chi connectivity index (χ0n) is 10.8. The molecule has 108 valence electrons. The largest absolute Gasteiger partial charge is 0.346 e. The molecule has 0 heterocycles. The first-order valence-electron chi connectivity index (χ1n) is 5.76. The van der Waals surface area contributed by atoms with E-state index in [0.717, 1.165) is 6.07 Å². The van der Waals surface area contributed by atoms with Gasteiger partial charge in [0.1, 0.15) is 5.82 Å². The molecule has 0 radical (unpaired) electrons. The van der Waals surface area contributed by atoms with Gasteiger partial charge in [-0.2, -0.15) is 0 Å². The number of carbonyl (C=O) groups excluding carboxylic acids is 3. The van der Waals surface area contributed by atoms with E-state index in [9.17, 15) is 18.8 Å². The molecule has 0 aliphatic carbocycles. The Bertz CT molecular complexity index is 533. The molecule has 3 amide bonds. The highest BCUT2D eigenvalue weighted by atomic mass is 19.1. The van der Waals surface area contributed by atoms with Gasteiger partial charge in [0.05, 0.1) is 18.8 Å². The quantitative estimate of drug-likeness (QED) is 0.598. The third-order valence-electron chi connectivity index (χ3n) is 2.19. The van der Waals surface area contributed by atoms with E-state index in [1.165, 1.54) is 19.1 Å². The molecule has 1 aromatic carbocycles. The lowest BCUT2D eigenvalue weighted by atomic mass is 10.2. The zero-order valence-corrected chi connectivity index (χ0v) is 10.8. The number of amides is 3. The summed E-state index contributed by atoms with van der Waals surface area (Å²) in [6.07, 6.45) is 0. The van der Waals surface area contributed by atoms with Crippen LogP contribution in [0.25, 0.3) is 0 Å². The Kier molecular flexibility index (Phi) is 5.60. The summed E-state index contributed by atoms with van der Waals surface area (Å²) in [6, 6.07) is 3.72. The molecular weight excluding hydrogens is 267 g/mol. The summed E-state index contributed by atoms with van der Waals surface area (Å²) in [5.74, 6) is -2.00. The first-order valence-corrected chi connectivity index (χ1v) is 5.76. The molecule has 0 unspecified atom stereocenters. The smallest absolute Gasteiger partial charge is 0.243 e. The number of carbonyl (C=O) groups is 3. The van der Waals surface area contributed by atoms with E-state index in [4.69, 9.17) is 5.73 Å². The minimum absolute atomic E-state index is 0.0405. The van der Waals surface area contributed by atoms with Crippen LogP contribution in [0, 0.1) is 5.82 Å². The predicted molar refractivity (Wildman–Crippen MR) is 71.4 cm³/mol. The number of anilines is 2. The minimum Gasteiger partial charge on any atom is -0.346 e. The summed E-state index contributed by atoms with van der Waals surface area (Å²) in [4.78, 5) is 33.3. The highest BCUT2D eigenvalue weighted by molar-refractivity contribution is 5.96. The third-order valence-corrected chi connectivity index (χ3v) is 2.19. The van der Waals surface area contributed by atoms with Crippen molar-refractivity contribution in [1.29, 1.82) is 0 Å². The van der Waals surface area contributed by atoms with Crippen molar-refractivity contribution in [3.8, 4) is 0 Å². The number of nitrogens with one attached hydrogen (secondary N) is 3. The van der Waals surface area contributed by atoms with Gasteiger partial charge in [0.15, 0.2) is 0 Å². The van der Waals surface area contributed by atoms with Gasteiger partial charge in [0.25, 0.3) is 0 Å². The van der Waals surface area contributed by atoms with Crippen molar-refractivity contribution < 1.29 is 18.8 Å². The standard InChI is InChI=1S/C12H15FN4O3/c1-7(18)16-10-4-8(2-3-9(10)13)17-12(20)6-15-11(19)5-14/h2-4H,5-6,14H2,1H3,(H,15,19)(H,16,18)(H,17,20). The van der Waals surface area contributed by atoms with Crippen LogP contribution in [0.2, 0.25) is 0 Å². The van der Waals surface area contributed by atoms with Crippen molar-refractivity contribution >= 4 is 29.1 Å². The van der Waals surface area contributed by atoms with E-state index < -0.39 is 23.5 Å². The van der Waals surface area contributed by atoms with Crippen LogP contribution in [0.3, 0.4) is 0 Å². The molecule has 0 aliphatic heterocycles. The number of halogens is 1. The van der Waals surface area contributed by atoms with Crippen LogP contribution in [-0.4, -0.2) is 30.8 Å². The van der Waals surface area contributed by atoms with Crippen LogP contribution in [0.5, 0.6) is 0 Å². The average Bonchev–Trinajstić information content (AvgIpc) is 2.39. The minimum atomic E-state index is -0.616. The summed E-state index contributed by atoms with van der Waals surface area (Å²) in [5, 5.41) is 7.04. The van der Waals surface area contributed by atoms with E-state index in [0.29, 0.717) is 5.69 Å². The average molecular weight is 282 g/mol. The second-order valence-electron chi connectivity index (χ2n) is 3.90. The normalized spacial score (nSPS) is 9.75. The van der Waals surface area contributed by atoms with E-state index in [-0.39, 0.29) is 18.8 Å². The molecule has 0 fully saturated rings. The predicted octanol–water partition coefficient (Wildman–Crippen LogP) is -0.203. The summed E-state index contributed by atoms with van der Waals surface area (Å²) in [5.41, 5.74) is 5.32. The van der Waals surface area contributed by atoms with Gasteiger partial charge in [-0.15, -0.1) is 0 Å². The topological polar surface area (TPSA) is 113 Å². The number of benzene rings is 1. The summed E-state index contributed by atoms with van der Waals surface area (Å²) >= 11 is 0. The molecular formula is C12H15FN4O3. The van der Waals surface area contributed by atoms with Crippen LogP contribution in [0.4, 0.5) is 15.8 Å². The first kappa shape index (κ1) is 15.6. The fourth-order valence-corrected chi connectivity index (χ4v) is 1.34. The molecule has 20 heavy (non-hydrogen) atoms. The molecule has 5 N–H and O–H groups in total. The van der Waals surface area contributed by atoms with E-state index in [1.54, 1.807) is 0 Å². The molecule has 0 bridgehead atoms. The lowest BCUT2D eigenvalue weighted by molar-refractivity contribution is -0.123. The van der Waals surface area contributed by atoms with Crippen molar-refractivity contribution in [3.63, 3.8) is 0 Å². The van der Waals surface area contributed by atoms with Crippen LogP contribution in [0.15, 0.2) is 18.2 Å². The van der Waals surface area contributed by atoms with Crippen molar-refractivity contribution in [3.05, 3.63) is 24.0 Å².